The second-order valence-electron chi connectivity index (χ2n) is 11.2. The highest BCUT2D eigenvalue weighted by Gasteiger charge is 2.53. The van der Waals surface area contributed by atoms with Gasteiger partial charge in [-0.05, 0) is 86.7 Å². The molecule has 0 unspecified atom stereocenters. The minimum atomic E-state index is -0.581. The van der Waals surface area contributed by atoms with E-state index in [1.165, 1.54) is 44.1 Å². The van der Waals surface area contributed by atoms with E-state index in [9.17, 15) is 9.59 Å². The van der Waals surface area contributed by atoms with Crippen LogP contribution in [0.2, 0.25) is 0 Å². The molecule has 7 rings (SSSR count). The molecule has 4 bridgehead atoms. The Balaban J connectivity index is 1.18. The van der Waals surface area contributed by atoms with Gasteiger partial charge in [-0.25, -0.2) is 4.98 Å². The molecule has 6 nitrogen and oxygen atoms in total. The average Bonchev–Trinajstić information content (AvgIpc) is 3.46. The maximum absolute atomic E-state index is 13.6. The first-order chi connectivity index (χ1) is 16.0. The standard InChI is InChI=1S/C27H34N4O2/c1-18(27-14-19-10-20(15-27)12-21(11-19)16-27)29-25(32)13-24(30-9-7-28-17-30)26(33)31-8-6-22-4-2-3-5-23(22)31/h2-5,7,9,17-21,24H,6,8,10-16H2,1H3,(H,29,32)/t18-,19?,20?,21?,24+,27?/m0/s1. The van der Waals surface area contributed by atoms with Gasteiger partial charge in [0.25, 0.3) is 5.91 Å². The van der Waals surface area contributed by atoms with E-state index in [0.717, 1.165) is 29.9 Å². The Hall–Kier alpha value is -2.63. The molecule has 0 saturated heterocycles. The van der Waals surface area contributed by atoms with Crippen LogP contribution in [0, 0.1) is 23.2 Å². The number of amides is 2. The summed E-state index contributed by atoms with van der Waals surface area (Å²) in [5.41, 5.74) is 2.41. The molecule has 2 heterocycles. The van der Waals surface area contributed by atoms with E-state index in [2.05, 4.69) is 23.3 Å². The van der Waals surface area contributed by atoms with Crippen LogP contribution in [0.3, 0.4) is 0 Å². The Morgan fingerprint density at radius 1 is 1.12 bits per heavy atom. The molecule has 2 aromatic rings. The highest BCUT2D eigenvalue weighted by molar-refractivity contribution is 6.00. The van der Waals surface area contributed by atoms with Crippen molar-refractivity contribution in [3.8, 4) is 0 Å². The zero-order valence-corrected chi connectivity index (χ0v) is 19.5. The molecular formula is C27H34N4O2. The molecule has 1 aliphatic heterocycles. The van der Waals surface area contributed by atoms with Crippen LogP contribution >= 0.6 is 0 Å². The van der Waals surface area contributed by atoms with Crippen molar-refractivity contribution in [3.05, 3.63) is 48.5 Å². The predicted molar refractivity (Wildman–Crippen MR) is 127 cm³/mol. The third-order valence-corrected chi connectivity index (χ3v) is 9.08. The Labute approximate surface area is 195 Å². The van der Waals surface area contributed by atoms with Crippen LogP contribution in [0.1, 0.15) is 63.5 Å². The second-order valence-corrected chi connectivity index (χ2v) is 11.2. The van der Waals surface area contributed by atoms with Gasteiger partial charge in [-0.3, -0.25) is 9.59 Å². The van der Waals surface area contributed by atoms with Gasteiger partial charge in [0, 0.05) is 30.7 Å². The van der Waals surface area contributed by atoms with Crippen LogP contribution in [0.15, 0.2) is 43.0 Å². The molecule has 0 spiro atoms. The molecule has 4 aliphatic carbocycles. The number of nitrogens with zero attached hydrogens (tertiary/aromatic N) is 3. The lowest BCUT2D eigenvalue weighted by Crippen LogP contribution is -2.56. The fourth-order valence-corrected chi connectivity index (χ4v) is 7.86. The van der Waals surface area contributed by atoms with E-state index in [4.69, 9.17) is 0 Å². The summed E-state index contributed by atoms with van der Waals surface area (Å²) >= 11 is 0. The van der Waals surface area contributed by atoms with Gasteiger partial charge in [0.2, 0.25) is 5.91 Å². The summed E-state index contributed by atoms with van der Waals surface area (Å²) in [6.07, 6.45) is 14.1. The zero-order valence-electron chi connectivity index (χ0n) is 19.5. The molecule has 33 heavy (non-hydrogen) atoms. The second kappa shape index (κ2) is 8.00. The van der Waals surface area contributed by atoms with Gasteiger partial charge < -0.3 is 14.8 Å². The van der Waals surface area contributed by atoms with Crippen LogP contribution in [0.25, 0.3) is 0 Å². The number of para-hydroxylation sites is 1. The van der Waals surface area contributed by atoms with Crippen molar-refractivity contribution in [2.75, 3.05) is 11.4 Å². The molecule has 4 fully saturated rings. The fraction of sp³-hybridized carbons (Fsp3) is 0.593. The summed E-state index contributed by atoms with van der Waals surface area (Å²) in [7, 11) is 0. The first-order valence-electron chi connectivity index (χ1n) is 12.7. The first-order valence-corrected chi connectivity index (χ1v) is 12.7. The molecule has 174 valence electrons. The van der Waals surface area contributed by atoms with Crippen LogP contribution in [-0.4, -0.2) is 34.0 Å². The van der Waals surface area contributed by atoms with E-state index >= 15 is 0 Å². The van der Waals surface area contributed by atoms with Gasteiger partial charge in [0.05, 0.1) is 12.7 Å². The summed E-state index contributed by atoms with van der Waals surface area (Å²) < 4.78 is 1.79. The number of fused-ring (bicyclic) bond motifs is 1. The predicted octanol–water partition coefficient (Wildman–Crippen LogP) is 4.12. The van der Waals surface area contributed by atoms with Crippen molar-refractivity contribution in [3.63, 3.8) is 0 Å². The largest absolute Gasteiger partial charge is 0.353 e. The van der Waals surface area contributed by atoms with Crippen LogP contribution in [0.4, 0.5) is 5.69 Å². The van der Waals surface area contributed by atoms with E-state index in [1.807, 2.05) is 23.1 Å². The summed E-state index contributed by atoms with van der Waals surface area (Å²) in [5, 5.41) is 3.35. The van der Waals surface area contributed by atoms with Crippen LogP contribution in [0.5, 0.6) is 0 Å². The van der Waals surface area contributed by atoms with E-state index in [1.54, 1.807) is 23.3 Å². The molecule has 0 radical (unpaired) electrons. The summed E-state index contributed by atoms with van der Waals surface area (Å²) in [4.78, 5) is 32.9. The van der Waals surface area contributed by atoms with Gasteiger partial charge in [-0.15, -0.1) is 0 Å². The Kier molecular flexibility index (Phi) is 5.07. The van der Waals surface area contributed by atoms with Gasteiger partial charge in [-0.2, -0.15) is 0 Å². The molecule has 2 atom stereocenters. The maximum atomic E-state index is 13.6. The van der Waals surface area contributed by atoms with Gasteiger partial charge in [0.1, 0.15) is 6.04 Å². The highest BCUT2D eigenvalue weighted by atomic mass is 16.2. The van der Waals surface area contributed by atoms with E-state index in [0.29, 0.717) is 6.54 Å². The molecule has 1 aromatic carbocycles. The monoisotopic (exact) mass is 446 g/mol. The summed E-state index contributed by atoms with van der Waals surface area (Å²) in [6, 6.07) is 7.64. The maximum Gasteiger partial charge on any atom is 0.250 e. The number of rotatable bonds is 6. The third-order valence-electron chi connectivity index (χ3n) is 9.08. The number of benzene rings is 1. The van der Waals surface area contributed by atoms with Crippen molar-refractivity contribution >= 4 is 17.5 Å². The van der Waals surface area contributed by atoms with Crippen molar-refractivity contribution in [2.45, 2.75) is 70.4 Å². The minimum Gasteiger partial charge on any atom is -0.353 e. The first kappa shape index (κ1) is 20.9. The Morgan fingerprint density at radius 3 is 2.48 bits per heavy atom. The molecule has 6 heteroatoms. The topological polar surface area (TPSA) is 67.2 Å². The molecule has 4 saturated carbocycles. The average molecular weight is 447 g/mol. The third kappa shape index (κ3) is 3.68. The van der Waals surface area contributed by atoms with Crippen molar-refractivity contribution in [1.82, 2.24) is 14.9 Å². The summed E-state index contributed by atoms with van der Waals surface area (Å²) in [5.74, 6) is 2.50. The quantitative estimate of drug-likeness (QED) is 0.726. The smallest absolute Gasteiger partial charge is 0.250 e. The van der Waals surface area contributed by atoms with Crippen LogP contribution < -0.4 is 10.2 Å². The molecule has 1 N–H and O–H groups in total. The van der Waals surface area contributed by atoms with Crippen molar-refractivity contribution in [1.29, 1.82) is 0 Å². The SMILES string of the molecule is C[C@H](NC(=O)C[C@H](C(=O)N1CCc2ccccc21)n1ccnc1)C12CC3CC(CC(C3)C1)C2. The van der Waals surface area contributed by atoms with Crippen molar-refractivity contribution in [2.24, 2.45) is 23.2 Å². The molecule has 5 aliphatic rings. The number of hydrogen-bond acceptors (Lipinski definition) is 3. The fourth-order valence-electron chi connectivity index (χ4n) is 7.86. The minimum absolute atomic E-state index is 0.0298. The summed E-state index contributed by atoms with van der Waals surface area (Å²) in [6.45, 7) is 2.87. The number of hydrogen-bond donors (Lipinski definition) is 1. The number of carbonyl (C=O) groups excluding carboxylic acids is 2. The Bertz CT molecular complexity index is 1010. The lowest BCUT2D eigenvalue weighted by Gasteiger charge is -2.59. The lowest BCUT2D eigenvalue weighted by molar-refractivity contribution is -0.130. The number of anilines is 1. The number of nitrogens with one attached hydrogen (secondary N) is 1. The molecule has 2 amide bonds. The van der Waals surface area contributed by atoms with Crippen LogP contribution in [-0.2, 0) is 16.0 Å². The number of carbonyl (C=O) groups is 2. The number of imidazole rings is 1. The van der Waals surface area contributed by atoms with Crippen molar-refractivity contribution < 1.29 is 9.59 Å². The highest BCUT2D eigenvalue weighted by Crippen LogP contribution is 2.61. The zero-order chi connectivity index (χ0) is 22.6. The van der Waals surface area contributed by atoms with Gasteiger partial charge in [0.15, 0.2) is 0 Å². The normalized spacial score (nSPS) is 31.3. The number of aromatic nitrogens is 2. The lowest BCUT2D eigenvalue weighted by atomic mass is 9.48. The van der Waals surface area contributed by atoms with Gasteiger partial charge >= 0.3 is 0 Å². The molecule has 1 aromatic heterocycles. The van der Waals surface area contributed by atoms with E-state index in [-0.39, 0.29) is 29.7 Å². The van der Waals surface area contributed by atoms with E-state index < -0.39 is 6.04 Å². The van der Waals surface area contributed by atoms with Gasteiger partial charge in [-0.1, -0.05) is 18.2 Å². The molecular weight excluding hydrogens is 412 g/mol. The Morgan fingerprint density at radius 2 is 1.82 bits per heavy atom.